The molecular formula is C22H26N2O3. The highest BCUT2D eigenvalue weighted by molar-refractivity contribution is 5.95. The third-order valence-corrected chi connectivity index (χ3v) is 5.35. The molecule has 1 amide bonds. The van der Waals surface area contributed by atoms with Crippen LogP contribution in [0.2, 0.25) is 0 Å². The van der Waals surface area contributed by atoms with Gasteiger partial charge in [-0.25, -0.2) is 0 Å². The van der Waals surface area contributed by atoms with Gasteiger partial charge in [-0.2, -0.15) is 0 Å². The number of ether oxygens (including phenoxy) is 2. The van der Waals surface area contributed by atoms with Gasteiger partial charge in [0.25, 0.3) is 0 Å². The summed E-state index contributed by atoms with van der Waals surface area (Å²) in [7, 11) is 0. The van der Waals surface area contributed by atoms with Gasteiger partial charge in [0.15, 0.2) is 0 Å². The molecule has 4 rings (SSSR count). The number of hydrogen-bond acceptors (Lipinski definition) is 4. The lowest BCUT2D eigenvalue weighted by Crippen LogP contribution is -2.47. The fourth-order valence-electron chi connectivity index (χ4n) is 4.02. The van der Waals surface area contributed by atoms with E-state index in [1.54, 1.807) is 0 Å². The van der Waals surface area contributed by atoms with Crippen molar-refractivity contribution in [3.63, 3.8) is 0 Å². The highest BCUT2D eigenvalue weighted by Gasteiger charge is 2.41. The highest BCUT2D eigenvalue weighted by atomic mass is 16.5. The Balaban J connectivity index is 1.48. The molecule has 2 saturated heterocycles. The first-order valence-corrected chi connectivity index (χ1v) is 9.71. The molecule has 1 N–H and O–H groups in total. The topological polar surface area (TPSA) is 50.8 Å². The van der Waals surface area contributed by atoms with Gasteiger partial charge in [0.1, 0.15) is 11.9 Å². The quantitative estimate of drug-likeness (QED) is 0.882. The zero-order valence-corrected chi connectivity index (χ0v) is 15.4. The molecule has 0 spiro atoms. The molecule has 0 bridgehead atoms. The molecule has 2 aromatic rings. The summed E-state index contributed by atoms with van der Waals surface area (Å²) in [5, 5.41) is 3.07. The molecule has 0 unspecified atom stereocenters. The largest absolute Gasteiger partial charge is 0.489 e. The van der Waals surface area contributed by atoms with Gasteiger partial charge in [-0.3, -0.25) is 9.69 Å². The molecule has 0 radical (unpaired) electrons. The predicted octanol–water partition coefficient (Wildman–Crippen LogP) is 3.33. The molecule has 27 heavy (non-hydrogen) atoms. The average Bonchev–Trinajstić information content (AvgIpc) is 3.14. The molecule has 0 saturated carbocycles. The fraction of sp³-hybridized carbons (Fsp3) is 0.409. The first-order chi connectivity index (χ1) is 13.3. The smallest absolute Gasteiger partial charge is 0.241 e. The van der Waals surface area contributed by atoms with Gasteiger partial charge in [0.2, 0.25) is 5.91 Å². The Morgan fingerprint density at radius 1 is 1.00 bits per heavy atom. The number of carbonyl (C=O) groups is 1. The van der Waals surface area contributed by atoms with E-state index in [2.05, 4.69) is 10.2 Å². The van der Waals surface area contributed by atoms with Crippen LogP contribution in [0.3, 0.4) is 0 Å². The predicted molar refractivity (Wildman–Crippen MR) is 105 cm³/mol. The number of hydrogen-bond donors (Lipinski definition) is 1. The standard InChI is InChI=1S/C22H26N2O3/c25-22(23-17-7-3-1-4-8-17)21-15-20(27-19-9-5-2-6-10-19)16-24(21)18-11-13-26-14-12-18/h1-10,18,20-21H,11-16H2,(H,23,25)/t20-,21-/m0/s1. The minimum atomic E-state index is -0.179. The summed E-state index contributed by atoms with van der Waals surface area (Å²) in [6, 6.07) is 19.7. The highest BCUT2D eigenvalue weighted by Crippen LogP contribution is 2.29. The minimum absolute atomic E-state index is 0.0155. The molecule has 5 heteroatoms. The van der Waals surface area contributed by atoms with E-state index in [4.69, 9.17) is 9.47 Å². The SMILES string of the molecule is O=C(Nc1ccccc1)[C@@H]1C[C@H](Oc2ccccc2)CN1C1CCOCC1. The Hall–Kier alpha value is -2.37. The van der Waals surface area contributed by atoms with Gasteiger partial charge in [-0.05, 0) is 37.1 Å². The van der Waals surface area contributed by atoms with Crippen molar-refractivity contribution in [2.24, 2.45) is 0 Å². The second kappa shape index (κ2) is 8.55. The molecule has 0 aliphatic carbocycles. The lowest BCUT2D eigenvalue weighted by atomic mass is 10.1. The number of benzene rings is 2. The Morgan fingerprint density at radius 2 is 1.67 bits per heavy atom. The van der Waals surface area contributed by atoms with Crippen LogP contribution in [0.25, 0.3) is 0 Å². The van der Waals surface area contributed by atoms with Gasteiger partial charge >= 0.3 is 0 Å². The number of nitrogens with zero attached hydrogens (tertiary/aromatic N) is 1. The minimum Gasteiger partial charge on any atom is -0.489 e. The van der Waals surface area contributed by atoms with Crippen LogP contribution in [0, 0.1) is 0 Å². The average molecular weight is 366 g/mol. The lowest BCUT2D eigenvalue weighted by molar-refractivity contribution is -0.121. The number of anilines is 1. The number of likely N-dealkylation sites (tertiary alicyclic amines) is 1. The van der Waals surface area contributed by atoms with E-state index in [1.165, 1.54) is 0 Å². The number of nitrogens with one attached hydrogen (secondary N) is 1. The van der Waals surface area contributed by atoms with Crippen LogP contribution in [-0.2, 0) is 9.53 Å². The van der Waals surface area contributed by atoms with Gasteiger partial charge in [-0.15, -0.1) is 0 Å². The summed E-state index contributed by atoms with van der Waals surface area (Å²) in [4.78, 5) is 15.4. The van der Waals surface area contributed by atoms with Crippen molar-refractivity contribution in [2.45, 2.75) is 37.5 Å². The molecular weight excluding hydrogens is 340 g/mol. The Bertz CT molecular complexity index is 732. The summed E-state index contributed by atoms with van der Waals surface area (Å²) in [6.45, 7) is 2.29. The van der Waals surface area contributed by atoms with Crippen molar-refractivity contribution in [3.8, 4) is 5.75 Å². The molecule has 2 aromatic carbocycles. The third kappa shape index (κ3) is 4.49. The molecule has 2 aliphatic rings. The second-order valence-corrected chi connectivity index (χ2v) is 7.20. The van der Waals surface area contributed by atoms with E-state index < -0.39 is 0 Å². The van der Waals surface area contributed by atoms with Crippen molar-refractivity contribution in [1.82, 2.24) is 4.90 Å². The lowest BCUT2D eigenvalue weighted by Gasteiger charge is -2.34. The van der Waals surface area contributed by atoms with Gasteiger partial charge in [-0.1, -0.05) is 36.4 Å². The maximum Gasteiger partial charge on any atom is 0.241 e. The monoisotopic (exact) mass is 366 g/mol. The Morgan fingerprint density at radius 3 is 2.37 bits per heavy atom. The van der Waals surface area contributed by atoms with Gasteiger partial charge in [0, 0.05) is 37.9 Å². The van der Waals surface area contributed by atoms with Crippen LogP contribution in [0.1, 0.15) is 19.3 Å². The maximum atomic E-state index is 13.0. The zero-order chi connectivity index (χ0) is 18.5. The van der Waals surface area contributed by atoms with Crippen molar-refractivity contribution < 1.29 is 14.3 Å². The maximum absolute atomic E-state index is 13.0. The Kier molecular flexibility index (Phi) is 5.70. The second-order valence-electron chi connectivity index (χ2n) is 7.20. The molecule has 5 nitrogen and oxygen atoms in total. The summed E-state index contributed by atoms with van der Waals surface area (Å²) in [6.07, 6.45) is 2.65. The van der Waals surface area contributed by atoms with Crippen LogP contribution in [0.4, 0.5) is 5.69 Å². The van der Waals surface area contributed by atoms with Gasteiger partial charge in [0.05, 0.1) is 6.04 Å². The third-order valence-electron chi connectivity index (χ3n) is 5.35. The molecule has 2 fully saturated rings. The van der Waals surface area contributed by atoms with Crippen LogP contribution in [0.15, 0.2) is 60.7 Å². The fourth-order valence-corrected chi connectivity index (χ4v) is 4.02. The molecule has 2 aliphatic heterocycles. The van der Waals surface area contributed by atoms with Crippen LogP contribution < -0.4 is 10.1 Å². The summed E-state index contributed by atoms with van der Waals surface area (Å²) in [5.41, 5.74) is 0.835. The van der Waals surface area contributed by atoms with E-state index in [-0.39, 0.29) is 18.1 Å². The first-order valence-electron chi connectivity index (χ1n) is 9.71. The number of rotatable bonds is 5. The van der Waals surface area contributed by atoms with E-state index in [1.807, 2.05) is 60.7 Å². The Labute approximate surface area is 160 Å². The van der Waals surface area contributed by atoms with E-state index >= 15 is 0 Å². The first kappa shape index (κ1) is 18.0. The van der Waals surface area contributed by atoms with E-state index in [9.17, 15) is 4.79 Å². The number of para-hydroxylation sites is 2. The van der Waals surface area contributed by atoms with Crippen LogP contribution in [0.5, 0.6) is 5.75 Å². The molecule has 2 heterocycles. The summed E-state index contributed by atoms with van der Waals surface area (Å²) >= 11 is 0. The van der Waals surface area contributed by atoms with Gasteiger partial charge < -0.3 is 14.8 Å². The number of amides is 1. The van der Waals surface area contributed by atoms with Crippen LogP contribution in [-0.4, -0.2) is 48.8 Å². The van der Waals surface area contributed by atoms with Crippen molar-refractivity contribution >= 4 is 11.6 Å². The zero-order valence-electron chi connectivity index (χ0n) is 15.4. The van der Waals surface area contributed by atoms with Crippen molar-refractivity contribution in [3.05, 3.63) is 60.7 Å². The summed E-state index contributed by atoms with van der Waals surface area (Å²) < 4.78 is 11.7. The molecule has 142 valence electrons. The van der Waals surface area contributed by atoms with Crippen LogP contribution >= 0.6 is 0 Å². The molecule has 0 aromatic heterocycles. The van der Waals surface area contributed by atoms with E-state index in [0.717, 1.165) is 44.0 Å². The van der Waals surface area contributed by atoms with Crippen molar-refractivity contribution in [2.75, 3.05) is 25.1 Å². The van der Waals surface area contributed by atoms with Crippen molar-refractivity contribution in [1.29, 1.82) is 0 Å². The van der Waals surface area contributed by atoms with E-state index in [0.29, 0.717) is 12.5 Å². The molecule has 2 atom stereocenters. The normalized spacial score (nSPS) is 23.9. The summed E-state index contributed by atoms with van der Waals surface area (Å²) in [5.74, 6) is 0.908. The number of carbonyl (C=O) groups excluding carboxylic acids is 1.